The van der Waals surface area contributed by atoms with E-state index in [0.717, 1.165) is 25.0 Å². The second-order valence-electron chi connectivity index (χ2n) is 6.30. The van der Waals surface area contributed by atoms with Crippen molar-refractivity contribution in [2.45, 2.75) is 38.5 Å². The third-order valence-electron chi connectivity index (χ3n) is 3.36. The molecule has 0 spiro atoms. The topological polar surface area (TPSA) is 26.0 Å². The molecule has 1 aromatic carbocycles. The molecule has 0 heterocycles. The van der Waals surface area contributed by atoms with Crippen LogP contribution in [0.3, 0.4) is 0 Å². The first-order valence-corrected chi connectivity index (χ1v) is 9.98. The molecular formula is C15H19F2NSi. The average molecular weight is 279 g/mol. The van der Waals surface area contributed by atoms with E-state index >= 15 is 0 Å². The van der Waals surface area contributed by atoms with Gasteiger partial charge in [-0.1, -0.05) is 19.6 Å². The Bertz CT molecular complexity index is 547. The Balaban J connectivity index is 2.31. The minimum atomic E-state index is -1.48. The van der Waals surface area contributed by atoms with Crippen molar-refractivity contribution in [3.05, 3.63) is 35.4 Å². The molecule has 4 heteroatoms. The zero-order chi connectivity index (χ0) is 14.3. The highest BCUT2D eigenvalue weighted by molar-refractivity contribution is 6.83. The van der Waals surface area contributed by atoms with Gasteiger partial charge in [0.1, 0.15) is 19.7 Å². The maximum atomic E-state index is 13.8. The summed E-state index contributed by atoms with van der Waals surface area (Å²) in [5.41, 5.74) is 9.33. The Kier molecular flexibility index (Phi) is 3.54. The summed E-state index contributed by atoms with van der Waals surface area (Å²) < 4.78 is 27.0. The normalized spacial score (nSPS) is 18.4. The van der Waals surface area contributed by atoms with Crippen LogP contribution in [0.4, 0.5) is 8.78 Å². The third-order valence-corrected chi connectivity index (χ3v) is 4.24. The summed E-state index contributed by atoms with van der Waals surface area (Å²) in [6.07, 6.45) is 1.73. The molecule has 0 amide bonds. The molecule has 0 radical (unpaired) electrons. The summed E-state index contributed by atoms with van der Waals surface area (Å²) in [5.74, 6) is 2.35. The van der Waals surface area contributed by atoms with E-state index in [2.05, 4.69) is 31.1 Å². The van der Waals surface area contributed by atoms with Crippen LogP contribution in [0, 0.1) is 28.5 Å². The maximum absolute atomic E-state index is 13.8. The Labute approximate surface area is 114 Å². The molecule has 0 aliphatic heterocycles. The van der Waals surface area contributed by atoms with Crippen LogP contribution in [0.25, 0.3) is 0 Å². The van der Waals surface area contributed by atoms with Gasteiger partial charge in [-0.3, -0.25) is 0 Å². The molecule has 1 aliphatic carbocycles. The summed E-state index contributed by atoms with van der Waals surface area (Å²) in [6, 6.07) is 2.88. The number of hydrogen-bond acceptors (Lipinski definition) is 1. The third kappa shape index (κ3) is 3.23. The minimum absolute atomic E-state index is 0.238. The second kappa shape index (κ2) is 4.73. The lowest BCUT2D eigenvalue weighted by Gasteiger charge is -2.20. The summed E-state index contributed by atoms with van der Waals surface area (Å²) in [6.45, 7) is 6.47. The zero-order valence-corrected chi connectivity index (χ0v) is 12.6. The monoisotopic (exact) mass is 279 g/mol. The molecule has 2 rings (SSSR count). The fourth-order valence-electron chi connectivity index (χ4n) is 2.01. The highest BCUT2D eigenvalue weighted by Gasteiger charge is 2.48. The lowest BCUT2D eigenvalue weighted by atomic mass is 9.91. The van der Waals surface area contributed by atoms with Gasteiger partial charge in [0.2, 0.25) is 0 Å². The molecule has 0 aromatic heterocycles. The minimum Gasteiger partial charge on any atom is -0.323 e. The Morgan fingerprint density at radius 2 is 1.89 bits per heavy atom. The molecule has 1 aliphatic rings. The second-order valence-corrected chi connectivity index (χ2v) is 11.0. The summed E-state index contributed by atoms with van der Waals surface area (Å²) in [4.78, 5) is 0. The van der Waals surface area contributed by atoms with E-state index in [1.165, 1.54) is 6.07 Å². The van der Waals surface area contributed by atoms with Crippen molar-refractivity contribution < 1.29 is 8.78 Å². The van der Waals surface area contributed by atoms with Crippen molar-refractivity contribution >= 4 is 8.07 Å². The molecule has 1 nitrogen and oxygen atoms in total. The molecule has 1 atom stereocenters. The van der Waals surface area contributed by atoms with E-state index in [9.17, 15) is 8.78 Å². The summed E-state index contributed by atoms with van der Waals surface area (Å²) >= 11 is 0. The number of rotatable bonds is 2. The van der Waals surface area contributed by atoms with Gasteiger partial charge in [0.05, 0.1) is 5.41 Å². The first-order chi connectivity index (χ1) is 8.73. The number of nitrogens with two attached hydrogens (primary N) is 1. The van der Waals surface area contributed by atoms with Crippen molar-refractivity contribution in [1.29, 1.82) is 0 Å². The van der Waals surface area contributed by atoms with Crippen LogP contribution in [-0.4, -0.2) is 8.07 Å². The van der Waals surface area contributed by atoms with Crippen molar-refractivity contribution in [1.82, 2.24) is 0 Å². The van der Waals surface area contributed by atoms with E-state index in [0.29, 0.717) is 0 Å². The van der Waals surface area contributed by atoms with Crippen molar-refractivity contribution in [2.75, 3.05) is 0 Å². The van der Waals surface area contributed by atoms with Gasteiger partial charge >= 0.3 is 0 Å². The summed E-state index contributed by atoms with van der Waals surface area (Å²) in [5, 5.41) is 0. The highest BCUT2D eigenvalue weighted by Crippen LogP contribution is 2.53. The van der Waals surface area contributed by atoms with E-state index in [-0.39, 0.29) is 11.0 Å². The number of hydrogen-bond donors (Lipinski definition) is 1. The predicted molar refractivity (Wildman–Crippen MR) is 76.1 cm³/mol. The predicted octanol–water partition coefficient (Wildman–Crippen LogP) is 3.63. The first-order valence-electron chi connectivity index (χ1n) is 6.48. The lowest BCUT2D eigenvalue weighted by molar-refractivity contribution is 0.485. The van der Waals surface area contributed by atoms with Gasteiger partial charge in [0.15, 0.2) is 0 Å². The van der Waals surface area contributed by atoms with E-state index in [1.54, 1.807) is 0 Å². The molecule has 1 saturated carbocycles. The van der Waals surface area contributed by atoms with Crippen LogP contribution in [0.15, 0.2) is 18.2 Å². The Morgan fingerprint density at radius 3 is 2.42 bits per heavy atom. The standard InChI is InChI=1S/C15H19F2NSi/c1-19(2,3)9-8-15(6-7-15)14(18)12-10-11(16)4-5-13(12)17/h4-5,10,14H,6-7,18H2,1-3H3. The van der Waals surface area contributed by atoms with Gasteiger partial charge in [-0.15, -0.1) is 11.5 Å². The molecular weight excluding hydrogens is 260 g/mol. The maximum Gasteiger partial charge on any atom is 0.129 e. The fourth-order valence-corrected chi connectivity index (χ4v) is 2.63. The van der Waals surface area contributed by atoms with Crippen molar-refractivity contribution in [2.24, 2.45) is 11.1 Å². The van der Waals surface area contributed by atoms with E-state index in [1.807, 2.05) is 0 Å². The highest BCUT2D eigenvalue weighted by atomic mass is 28.3. The Morgan fingerprint density at radius 1 is 1.26 bits per heavy atom. The van der Waals surface area contributed by atoms with Crippen LogP contribution in [0.1, 0.15) is 24.4 Å². The van der Waals surface area contributed by atoms with Crippen molar-refractivity contribution in [3.8, 4) is 11.5 Å². The molecule has 1 unspecified atom stereocenters. The zero-order valence-electron chi connectivity index (χ0n) is 11.6. The van der Waals surface area contributed by atoms with Gasteiger partial charge < -0.3 is 5.73 Å². The molecule has 0 bridgehead atoms. The van der Waals surface area contributed by atoms with E-state index in [4.69, 9.17) is 5.73 Å². The van der Waals surface area contributed by atoms with Gasteiger partial charge in [-0.25, -0.2) is 8.78 Å². The van der Waals surface area contributed by atoms with Crippen LogP contribution in [-0.2, 0) is 0 Å². The lowest BCUT2D eigenvalue weighted by Crippen LogP contribution is -2.24. The van der Waals surface area contributed by atoms with Crippen LogP contribution >= 0.6 is 0 Å². The van der Waals surface area contributed by atoms with Gasteiger partial charge in [0.25, 0.3) is 0 Å². The van der Waals surface area contributed by atoms with Gasteiger partial charge in [0, 0.05) is 11.6 Å². The molecule has 2 N–H and O–H groups in total. The molecule has 1 aromatic rings. The van der Waals surface area contributed by atoms with Crippen molar-refractivity contribution in [3.63, 3.8) is 0 Å². The fraction of sp³-hybridized carbons (Fsp3) is 0.467. The average Bonchev–Trinajstić information content (AvgIpc) is 3.09. The van der Waals surface area contributed by atoms with Crippen LogP contribution < -0.4 is 5.73 Å². The number of halogens is 2. The quantitative estimate of drug-likeness (QED) is 0.649. The summed E-state index contributed by atoms with van der Waals surface area (Å²) in [7, 11) is -1.48. The Hall–Kier alpha value is -1.18. The van der Waals surface area contributed by atoms with Crippen LogP contribution in [0.5, 0.6) is 0 Å². The molecule has 19 heavy (non-hydrogen) atoms. The smallest absolute Gasteiger partial charge is 0.129 e. The van der Waals surface area contributed by atoms with Crippen LogP contribution in [0.2, 0.25) is 19.6 Å². The first kappa shape index (κ1) is 14.2. The molecule has 1 fully saturated rings. The van der Waals surface area contributed by atoms with E-state index < -0.39 is 25.8 Å². The number of benzene rings is 1. The van der Waals surface area contributed by atoms with Gasteiger partial charge in [-0.2, -0.15) is 0 Å². The van der Waals surface area contributed by atoms with Gasteiger partial charge in [-0.05, 0) is 31.0 Å². The SMILES string of the molecule is C[Si](C)(C)C#CC1(C(N)c2cc(F)ccc2F)CC1. The molecule has 102 valence electrons. The molecule has 0 saturated heterocycles. The largest absolute Gasteiger partial charge is 0.323 e.